The van der Waals surface area contributed by atoms with E-state index >= 15 is 0 Å². The fourth-order valence-corrected chi connectivity index (χ4v) is 1.06. The summed E-state index contributed by atoms with van der Waals surface area (Å²) in [6, 6.07) is 1.33. The number of rotatable bonds is 3. The summed E-state index contributed by atoms with van der Waals surface area (Å²) in [7, 11) is 0. The quantitative estimate of drug-likeness (QED) is 0.597. The fraction of sp³-hybridized carbons (Fsp3) is 0.222. The van der Waals surface area contributed by atoms with E-state index in [1.165, 1.54) is 6.07 Å². The number of hydrogen-bond acceptors (Lipinski definition) is 6. The Morgan fingerprint density at radius 2 is 2.22 bits per heavy atom. The largest absolute Gasteiger partial charge is 0.673 e. The Morgan fingerprint density at radius 3 is 2.78 bits per heavy atom. The Bertz CT molecular complexity index is 533. The van der Waals surface area contributed by atoms with Crippen molar-refractivity contribution in [3.63, 3.8) is 0 Å². The number of nitrogens with zero attached hydrogens (tertiary/aromatic N) is 4. The monoisotopic (exact) mass is 490 g/mol. The van der Waals surface area contributed by atoms with Crippen molar-refractivity contribution in [1.29, 1.82) is 0 Å². The van der Waals surface area contributed by atoms with Crippen LogP contribution >= 0.6 is 0 Å². The Kier molecular flexibility index (Phi) is 7.59. The maximum absolute atomic E-state index is 10.8. The van der Waals surface area contributed by atoms with Gasteiger partial charge < -0.3 is 25.0 Å². The number of aromatic nitrogens is 4. The van der Waals surface area contributed by atoms with Gasteiger partial charge in [0.1, 0.15) is 0 Å². The molecule has 0 spiro atoms. The van der Waals surface area contributed by atoms with E-state index in [2.05, 4.69) is 26.4 Å². The van der Waals surface area contributed by atoms with Crippen LogP contribution in [0.4, 0.5) is 0 Å². The van der Waals surface area contributed by atoms with Crippen molar-refractivity contribution in [2.75, 3.05) is 0 Å². The molecule has 0 atom stereocenters. The van der Waals surface area contributed by atoms with E-state index in [4.69, 9.17) is 10.3 Å². The zero-order chi connectivity index (χ0) is 11.5. The minimum absolute atomic E-state index is 0. The molecule has 2 aromatic rings. The predicted molar refractivity (Wildman–Crippen MR) is 52.2 cm³/mol. The van der Waals surface area contributed by atoms with Crippen LogP contribution in [0.1, 0.15) is 23.3 Å². The van der Waals surface area contributed by atoms with Gasteiger partial charge >= 0.3 is 0 Å². The number of nitrogens with one attached hydrogen (secondary N) is 1. The molecule has 0 aliphatic heterocycles. The zero-order valence-corrected chi connectivity index (χ0v) is 15.1. The van der Waals surface area contributed by atoms with Crippen LogP contribution in [-0.2, 0) is 60.2 Å². The molecule has 0 bridgehead atoms. The fourth-order valence-electron chi connectivity index (χ4n) is 1.06. The molecule has 1 radical (unpaired) electrons. The summed E-state index contributed by atoms with van der Waals surface area (Å²) in [5.41, 5.74) is 7.17. The van der Waals surface area contributed by atoms with Gasteiger partial charge in [-0.15, -0.1) is 6.07 Å². The molecule has 2 heterocycles. The van der Waals surface area contributed by atoms with Crippen molar-refractivity contribution in [1.82, 2.24) is 20.1 Å². The molecule has 7 nitrogen and oxygen atoms in total. The molecule has 18 heavy (non-hydrogen) atoms. The van der Waals surface area contributed by atoms with Crippen LogP contribution in [-0.4, -0.2) is 26.0 Å². The summed E-state index contributed by atoms with van der Waals surface area (Å²) >= 11 is 0. The van der Waals surface area contributed by atoms with E-state index < -0.39 is 5.91 Å². The molecule has 9 heteroatoms. The predicted octanol–water partition coefficient (Wildman–Crippen LogP) is 1.08. The van der Waals surface area contributed by atoms with Crippen LogP contribution in [0.15, 0.2) is 10.6 Å². The summed E-state index contributed by atoms with van der Waals surface area (Å²) in [6.07, 6.45) is 2.89. The second-order valence-corrected chi connectivity index (χ2v) is 2.93. The summed E-state index contributed by atoms with van der Waals surface area (Å²) < 4.78 is 4.90. The SMILES string of the molecule is CCc1nc(-c2cc(C([NH-])=O)n[c-]n2)no1.[W].[Y]. The van der Waals surface area contributed by atoms with E-state index in [9.17, 15) is 4.79 Å². The normalized spacial score (nSPS) is 9.17. The van der Waals surface area contributed by atoms with Gasteiger partial charge in [0, 0.05) is 78.1 Å². The number of hydrogen-bond donors (Lipinski definition) is 0. The first-order valence-electron chi connectivity index (χ1n) is 4.54. The molecule has 0 aliphatic rings. The number of amides is 1. The summed E-state index contributed by atoms with van der Waals surface area (Å²) in [6.45, 7) is 1.88. The van der Waals surface area contributed by atoms with Crippen molar-refractivity contribution < 1.29 is 63.1 Å². The van der Waals surface area contributed by atoms with Gasteiger partial charge in [-0.25, -0.2) is 4.98 Å². The van der Waals surface area contributed by atoms with Crippen LogP contribution in [0.25, 0.3) is 17.3 Å². The third-order valence-electron chi connectivity index (χ3n) is 1.85. The van der Waals surface area contributed by atoms with Gasteiger partial charge in [0.2, 0.25) is 5.89 Å². The number of aryl methyl sites for hydroxylation is 1. The average molecular weight is 490 g/mol. The van der Waals surface area contributed by atoms with Crippen LogP contribution in [0.5, 0.6) is 0 Å². The van der Waals surface area contributed by atoms with Gasteiger partial charge in [0.25, 0.3) is 0 Å². The molecule has 1 amide bonds. The Hall–Kier alpha value is -0.518. The van der Waals surface area contributed by atoms with Gasteiger partial charge in [-0.3, -0.25) is 0 Å². The van der Waals surface area contributed by atoms with Crippen LogP contribution in [0, 0.1) is 6.33 Å². The van der Waals surface area contributed by atoms with E-state index in [1.54, 1.807) is 0 Å². The van der Waals surface area contributed by atoms with Gasteiger partial charge in [0.05, 0.1) is 0 Å². The zero-order valence-electron chi connectivity index (χ0n) is 9.38. The molecule has 0 saturated heterocycles. The Morgan fingerprint density at radius 1 is 1.50 bits per heavy atom. The topological polar surface area (TPSA) is 106 Å². The van der Waals surface area contributed by atoms with Gasteiger partial charge in [0.15, 0.2) is 5.82 Å². The molecule has 0 fully saturated rings. The van der Waals surface area contributed by atoms with Crippen LogP contribution < -0.4 is 0 Å². The Labute approximate surface area is 142 Å². The molecule has 2 rings (SSSR count). The van der Waals surface area contributed by atoms with Gasteiger partial charge in [-0.05, 0) is 5.69 Å². The summed E-state index contributed by atoms with van der Waals surface area (Å²) in [4.78, 5) is 22.1. The van der Waals surface area contributed by atoms with Crippen LogP contribution in [0.3, 0.4) is 0 Å². The van der Waals surface area contributed by atoms with Crippen molar-refractivity contribution in [2.24, 2.45) is 0 Å². The van der Waals surface area contributed by atoms with Crippen molar-refractivity contribution in [2.45, 2.75) is 13.3 Å². The van der Waals surface area contributed by atoms with Crippen molar-refractivity contribution >= 4 is 5.91 Å². The van der Waals surface area contributed by atoms with Crippen molar-refractivity contribution in [3.05, 3.63) is 29.7 Å². The molecular formula is C9H7N5O2WY-2. The summed E-state index contributed by atoms with van der Waals surface area (Å²) in [5, 5.41) is 3.69. The molecule has 91 valence electrons. The number of carbonyl (C=O) groups excluding carboxylic acids is 1. The first kappa shape index (κ1) is 17.5. The van der Waals surface area contributed by atoms with Crippen molar-refractivity contribution in [3.8, 4) is 11.5 Å². The summed E-state index contributed by atoms with van der Waals surface area (Å²) in [5.74, 6) is -0.163. The van der Waals surface area contributed by atoms with Gasteiger partial charge in [-0.2, -0.15) is 0 Å². The first-order chi connectivity index (χ1) is 7.70. The van der Waals surface area contributed by atoms with Crippen LogP contribution in [0.2, 0.25) is 0 Å². The van der Waals surface area contributed by atoms with E-state index in [0.717, 1.165) is 0 Å². The Balaban J connectivity index is 0.00000144. The average Bonchev–Trinajstić information content (AvgIpc) is 2.77. The minimum atomic E-state index is -0.904. The maximum Gasteiger partial charge on any atom is 0.225 e. The molecule has 0 aromatic carbocycles. The molecule has 0 unspecified atom stereocenters. The smallest absolute Gasteiger partial charge is 0.225 e. The second kappa shape index (κ2) is 7.82. The third kappa shape index (κ3) is 4.00. The van der Waals surface area contributed by atoms with E-state index in [0.29, 0.717) is 18.0 Å². The first-order valence-corrected chi connectivity index (χ1v) is 4.54. The van der Waals surface area contributed by atoms with E-state index in [-0.39, 0.29) is 65.3 Å². The molecule has 0 saturated carbocycles. The maximum atomic E-state index is 10.8. The molecule has 2 aromatic heterocycles. The standard InChI is InChI=1S/C9H8N5O2.W.Y/c1-2-7-13-9(14-16-7)6-3-5(8(10)15)11-4-12-6;;/h3H,2H2,1H3,(H2,10,15);;/q-1;;/p-1. The number of carbonyl (C=O) groups is 1. The third-order valence-corrected chi connectivity index (χ3v) is 1.85. The molecule has 0 aliphatic carbocycles. The molecular weight excluding hydrogens is 483 g/mol. The minimum Gasteiger partial charge on any atom is -0.673 e. The van der Waals surface area contributed by atoms with Gasteiger partial charge in [-0.1, -0.05) is 12.1 Å². The second-order valence-electron chi connectivity index (χ2n) is 2.93. The molecule has 1 N–H and O–H groups in total. The van der Waals surface area contributed by atoms with E-state index in [1.807, 2.05) is 6.92 Å².